The second kappa shape index (κ2) is 5.55. The van der Waals surface area contributed by atoms with E-state index >= 15 is 0 Å². The Morgan fingerprint density at radius 3 is 2.56 bits per heavy atom. The zero-order chi connectivity index (χ0) is 13.1. The fourth-order valence-corrected chi connectivity index (χ4v) is 2.54. The minimum atomic E-state index is -0.715. The second-order valence-corrected chi connectivity index (χ2v) is 5.00. The van der Waals surface area contributed by atoms with Gasteiger partial charge in [0.25, 0.3) is 0 Å². The van der Waals surface area contributed by atoms with Crippen LogP contribution in [-0.4, -0.2) is 11.4 Å². The van der Waals surface area contributed by atoms with Crippen molar-refractivity contribution in [3.05, 3.63) is 65.0 Å². The Bertz CT molecular complexity index is 554. The lowest BCUT2D eigenvalue weighted by Gasteiger charge is -2.15. The van der Waals surface area contributed by atoms with Crippen LogP contribution < -0.4 is 0 Å². The first-order chi connectivity index (χ1) is 8.63. The first kappa shape index (κ1) is 13.1. The van der Waals surface area contributed by atoms with Gasteiger partial charge in [-0.1, -0.05) is 30.3 Å². The van der Waals surface area contributed by atoms with Crippen LogP contribution in [0.4, 0.5) is 4.39 Å². The maximum Gasteiger partial charge on any atom is 0.126 e. The molecular formula is C15H15FOS. The van der Waals surface area contributed by atoms with E-state index in [0.29, 0.717) is 5.56 Å². The Labute approximate surface area is 111 Å². The molecule has 0 saturated carbocycles. The summed E-state index contributed by atoms with van der Waals surface area (Å²) in [6.07, 6.45) is 1.26. The zero-order valence-corrected chi connectivity index (χ0v) is 11.2. The van der Waals surface area contributed by atoms with Crippen molar-refractivity contribution in [2.24, 2.45) is 0 Å². The average molecular weight is 262 g/mol. The highest BCUT2D eigenvalue weighted by molar-refractivity contribution is 7.98. The van der Waals surface area contributed by atoms with Crippen LogP contribution in [0.1, 0.15) is 22.8 Å². The Hall–Kier alpha value is -1.32. The molecule has 2 rings (SSSR count). The van der Waals surface area contributed by atoms with Gasteiger partial charge in [0, 0.05) is 4.90 Å². The van der Waals surface area contributed by atoms with Gasteiger partial charge in [0.1, 0.15) is 11.9 Å². The summed E-state index contributed by atoms with van der Waals surface area (Å²) in [4.78, 5) is 1.03. The topological polar surface area (TPSA) is 20.2 Å². The molecule has 0 heterocycles. The molecular weight excluding hydrogens is 247 g/mol. The van der Waals surface area contributed by atoms with Crippen molar-refractivity contribution >= 4 is 11.8 Å². The predicted molar refractivity (Wildman–Crippen MR) is 73.4 cm³/mol. The van der Waals surface area contributed by atoms with Gasteiger partial charge in [-0.25, -0.2) is 4.39 Å². The van der Waals surface area contributed by atoms with E-state index in [-0.39, 0.29) is 5.82 Å². The van der Waals surface area contributed by atoms with Crippen LogP contribution in [0.5, 0.6) is 0 Å². The van der Waals surface area contributed by atoms with Crippen molar-refractivity contribution in [3.8, 4) is 0 Å². The van der Waals surface area contributed by atoms with Crippen molar-refractivity contribution < 1.29 is 9.50 Å². The number of rotatable bonds is 3. The van der Waals surface area contributed by atoms with Gasteiger partial charge < -0.3 is 5.11 Å². The molecule has 0 saturated heterocycles. The molecule has 1 unspecified atom stereocenters. The molecule has 94 valence electrons. The van der Waals surface area contributed by atoms with Gasteiger partial charge in [0.2, 0.25) is 0 Å². The van der Waals surface area contributed by atoms with Crippen LogP contribution >= 0.6 is 11.8 Å². The molecule has 0 aliphatic heterocycles. The van der Waals surface area contributed by atoms with Crippen LogP contribution in [0.2, 0.25) is 0 Å². The number of aliphatic hydroxyl groups is 1. The number of benzene rings is 2. The third-order valence-electron chi connectivity index (χ3n) is 2.93. The summed E-state index contributed by atoms with van der Waals surface area (Å²) >= 11 is 1.59. The number of hydrogen-bond acceptors (Lipinski definition) is 2. The molecule has 0 aliphatic carbocycles. The van der Waals surface area contributed by atoms with Gasteiger partial charge in [0.05, 0.1) is 0 Å². The van der Waals surface area contributed by atoms with Gasteiger partial charge >= 0.3 is 0 Å². The molecule has 1 N–H and O–H groups in total. The number of aliphatic hydroxyl groups excluding tert-OH is 1. The molecule has 2 aromatic rings. The van der Waals surface area contributed by atoms with Crippen LogP contribution in [0.3, 0.4) is 0 Å². The summed E-state index contributed by atoms with van der Waals surface area (Å²) in [6, 6.07) is 12.4. The van der Waals surface area contributed by atoms with Gasteiger partial charge in [0.15, 0.2) is 0 Å². The Balaban J connectivity index is 2.41. The summed E-state index contributed by atoms with van der Waals surface area (Å²) in [5.74, 6) is -0.246. The van der Waals surface area contributed by atoms with Crippen molar-refractivity contribution in [2.45, 2.75) is 17.9 Å². The number of halogens is 1. The van der Waals surface area contributed by atoms with Crippen LogP contribution in [-0.2, 0) is 0 Å². The largest absolute Gasteiger partial charge is 0.384 e. The fourth-order valence-electron chi connectivity index (χ4n) is 1.91. The number of thioether (sulfide) groups is 1. The summed E-state index contributed by atoms with van der Waals surface area (Å²) in [5.41, 5.74) is 2.12. The molecule has 0 bridgehead atoms. The normalized spacial score (nSPS) is 12.4. The lowest BCUT2D eigenvalue weighted by atomic mass is 10.00. The highest BCUT2D eigenvalue weighted by Crippen LogP contribution is 2.30. The van der Waals surface area contributed by atoms with Crippen molar-refractivity contribution in [3.63, 3.8) is 0 Å². The van der Waals surface area contributed by atoms with Gasteiger partial charge in [-0.3, -0.25) is 0 Å². The first-order valence-electron chi connectivity index (χ1n) is 5.70. The van der Waals surface area contributed by atoms with Gasteiger partial charge in [-0.2, -0.15) is 0 Å². The number of hydrogen-bond donors (Lipinski definition) is 1. The molecule has 0 spiro atoms. The van der Waals surface area contributed by atoms with Gasteiger partial charge in [-0.05, 0) is 42.0 Å². The van der Waals surface area contributed by atoms with Crippen LogP contribution in [0, 0.1) is 12.7 Å². The predicted octanol–water partition coefficient (Wildman–Crippen LogP) is 3.94. The molecule has 0 radical (unpaired) electrons. The average Bonchev–Trinajstić information content (AvgIpc) is 2.41. The highest BCUT2D eigenvalue weighted by Gasteiger charge is 2.14. The summed E-state index contributed by atoms with van der Waals surface area (Å²) in [7, 11) is 0. The van der Waals surface area contributed by atoms with E-state index in [2.05, 4.69) is 0 Å². The van der Waals surface area contributed by atoms with E-state index in [0.717, 1.165) is 16.0 Å². The smallest absolute Gasteiger partial charge is 0.126 e. The van der Waals surface area contributed by atoms with E-state index in [4.69, 9.17) is 0 Å². The third-order valence-corrected chi connectivity index (χ3v) is 3.74. The Morgan fingerprint density at radius 1 is 1.17 bits per heavy atom. The second-order valence-electron chi connectivity index (χ2n) is 4.15. The lowest BCUT2D eigenvalue weighted by Crippen LogP contribution is -2.02. The molecule has 3 heteroatoms. The van der Waals surface area contributed by atoms with E-state index in [1.807, 2.05) is 30.5 Å². The van der Waals surface area contributed by atoms with Crippen molar-refractivity contribution in [1.82, 2.24) is 0 Å². The van der Waals surface area contributed by atoms with E-state index in [1.165, 1.54) is 6.07 Å². The molecule has 0 fully saturated rings. The molecule has 2 aromatic carbocycles. The van der Waals surface area contributed by atoms with Crippen LogP contribution in [0.25, 0.3) is 0 Å². The maximum absolute atomic E-state index is 13.2. The van der Waals surface area contributed by atoms with E-state index in [1.54, 1.807) is 30.8 Å². The van der Waals surface area contributed by atoms with Gasteiger partial charge in [-0.15, -0.1) is 11.8 Å². The summed E-state index contributed by atoms with van der Waals surface area (Å²) < 4.78 is 13.2. The van der Waals surface area contributed by atoms with Crippen molar-refractivity contribution in [1.29, 1.82) is 0 Å². The van der Waals surface area contributed by atoms with E-state index < -0.39 is 6.10 Å². The standard InChI is InChI=1S/C15H15FOS/c1-10-9-11(7-8-13(10)16)15(17)12-5-3-4-6-14(12)18-2/h3-9,15,17H,1-2H3. The SMILES string of the molecule is CSc1ccccc1C(O)c1ccc(F)c(C)c1. The number of aryl methyl sites for hydroxylation is 1. The lowest BCUT2D eigenvalue weighted by molar-refractivity contribution is 0.217. The van der Waals surface area contributed by atoms with Crippen molar-refractivity contribution in [2.75, 3.05) is 6.26 Å². The Kier molecular flexibility index (Phi) is 4.04. The summed E-state index contributed by atoms with van der Waals surface area (Å²) in [5, 5.41) is 10.4. The van der Waals surface area contributed by atoms with E-state index in [9.17, 15) is 9.50 Å². The molecule has 0 aliphatic rings. The highest BCUT2D eigenvalue weighted by atomic mass is 32.2. The minimum Gasteiger partial charge on any atom is -0.384 e. The molecule has 1 nitrogen and oxygen atoms in total. The molecule has 0 amide bonds. The first-order valence-corrected chi connectivity index (χ1v) is 6.93. The molecule has 1 atom stereocenters. The zero-order valence-electron chi connectivity index (χ0n) is 10.4. The summed E-state index contributed by atoms with van der Waals surface area (Å²) in [6.45, 7) is 1.70. The van der Waals surface area contributed by atoms with Crippen LogP contribution in [0.15, 0.2) is 47.4 Å². The molecule has 18 heavy (non-hydrogen) atoms. The fraction of sp³-hybridized carbons (Fsp3) is 0.200. The third kappa shape index (κ3) is 2.57. The monoisotopic (exact) mass is 262 g/mol. The minimum absolute atomic E-state index is 0.246. The molecule has 0 aromatic heterocycles. The quantitative estimate of drug-likeness (QED) is 0.845. The maximum atomic E-state index is 13.2. The Morgan fingerprint density at radius 2 is 1.89 bits per heavy atom.